The molecule has 21 heavy (non-hydrogen) atoms. The van der Waals surface area contributed by atoms with E-state index in [0.29, 0.717) is 17.7 Å². The molecule has 0 unspecified atom stereocenters. The second kappa shape index (κ2) is 5.33. The molecule has 2 aromatic rings. The van der Waals surface area contributed by atoms with Gasteiger partial charge in [0.15, 0.2) is 0 Å². The molecule has 0 atom stereocenters. The zero-order valence-electron chi connectivity index (χ0n) is 11.4. The highest BCUT2D eigenvalue weighted by Gasteiger charge is 2.26. The highest BCUT2D eigenvalue weighted by atomic mass is 79.9. The Morgan fingerprint density at radius 2 is 1.81 bits per heavy atom. The predicted octanol–water partition coefficient (Wildman–Crippen LogP) is 3.25. The first-order valence-corrected chi connectivity index (χ1v) is 7.32. The molecule has 2 N–H and O–H groups in total. The SMILES string of the molecule is Cc1ccc(CNc2ccc3c(c2)C(=O)NC3=O)c(Br)c1. The summed E-state index contributed by atoms with van der Waals surface area (Å²) < 4.78 is 1.05. The molecule has 0 radical (unpaired) electrons. The topological polar surface area (TPSA) is 58.2 Å². The lowest BCUT2D eigenvalue weighted by Gasteiger charge is -2.09. The minimum atomic E-state index is -0.338. The normalized spacial score (nSPS) is 13.0. The van der Waals surface area contributed by atoms with E-state index in [9.17, 15) is 9.59 Å². The minimum Gasteiger partial charge on any atom is -0.381 e. The van der Waals surface area contributed by atoms with E-state index in [1.54, 1.807) is 18.2 Å². The third-order valence-corrected chi connectivity index (χ3v) is 4.17. The first kappa shape index (κ1) is 13.8. The maximum absolute atomic E-state index is 11.6. The molecule has 3 rings (SSSR count). The smallest absolute Gasteiger partial charge is 0.259 e. The molecule has 1 aliphatic heterocycles. The second-order valence-electron chi connectivity index (χ2n) is 4.99. The summed E-state index contributed by atoms with van der Waals surface area (Å²) in [5.74, 6) is -0.669. The zero-order valence-corrected chi connectivity index (χ0v) is 13.0. The molecule has 0 saturated heterocycles. The maximum atomic E-state index is 11.6. The quantitative estimate of drug-likeness (QED) is 0.840. The molecule has 2 amide bonds. The second-order valence-corrected chi connectivity index (χ2v) is 5.85. The molecule has 0 aromatic heterocycles. The Morgan fingerprint density at radius 1 is 1.05 bits per heavy atom. The fourth-order valence-corrected chi connectivity index (χ4v) is 2.90. The Hall–Kier alpha value is -2.14. The van der Waals surface area contributed by atoms with Crippen molar-refractivity contribution in [2.45, 2.75) is 13.5 Å². The fraction of sp³-hybridized carbons (Fsp3) is 0.125. The summed E-state index contributed by atoms with van der Waals surface area (Å²) >= 11 is 3.54. The van der Waals surface area contributed by atoms with Crippen LogP contribution in [0.2, 0.25) is 0 Å². The van der Waals surface area contributed by atoms with Gasteiger partial charge >= 0.3 is 0 Å². The lowest BCUT2D eigenvalue weighted by atomic mass is 10.1. The zero-order chi connectivity index (χ0) is 15.0. The van der Waals surface area contributed by atoms with Gasteiger partial charge < -0.3 is 5.32 Å². The van der Waals surface area contributed by atoms with E-state index in [-0.39, 0.29) is 11.8 Å². The van der Waals surface area contributed by atoms with Crippen LogP contribution in [0.5, 0.6) is 0 Å². The molecule has 4 nitrogen and oxygen atoms in total. The summed E-state index contributed by atoms with van der Waals surface area (Å²) in [7, 11) is 0. The molecule has 2 aromatic carbocycles. The number of halogens is 1. The van der Waals surface area contributed by atoms with Crippen molar-refractivity contribution < 1.29 is 9.59 Å². The first-order chi connectivity index (χ1) is 10.0. The number of hydrogen-bond donors (Lipinski definition) is 2. The van der Waals surface area contributed by atoms with Gasteiger partial charge in [-0.1, -0.05) is 28.1 Å². The highest BCUT2D eigenvalue weighted by Crippen LogP contribution is 2.23. The molecule has 106 valence electrons. The van der Waals surface area contributed by atoms with Gasteiger partial charge in [-0.15, -0.1) is 0 Å². The molecule has 1 aliphatic rings. The lowest BCUT2D eigenvalue weighted by molar-refractivity contribution is 0.0879. The lowest BCUT2D eigenvalue weighted by Crippen LogP contribution is -2.19. The van der Waals surface area contributed by atoms with Crippen LogP contribution in [-0.4, -0.2) is 11.8 Å². The number of amides is 2. The average molecular weight is 345 g/mol. The van der Waals surface area contributed by atoms with Crippen molar-refractivity contribution in [3.8, 4) is 0 Å². The van der Waals surface area contributed by atoms with Crippen molar-refractivity contribution in [2.24, 2.45) is 0 Å². The molecule has 0 fully saturated rings. The van der Waals surface area contributed by atoms with Crippen LogP contribution in [0.3, 0.4) is 0 Å². The van der Waals surface area contributed by atoms with Crippen LogP contribution in [0, 0.1) is 6.92 Å². The number of carbonyl (C=O) groups is 2. The number of benzene rings is 2. The van der Waals surface area contributed by atoms with Crippen LogP contribution in [0.15, 0.2) is 40.9 Å². The number of carbonyl (C=O) groups excluding carboxylic acids is 2. The summed E-state index contributed by atoms with van der Waals surface area (Å²) in [6, 6.07) is 11.3. The summed E-state index contributed by atoms with van der Waals surface area (Å²) in [5.41, 5.74) is 3.99. The van der Waals surface area contributed by atoms with E-state index in [0.717, 1.165) is 15.7 Å². The van der Waals surface area contributed by atoms with Crippen molar-refractivity contribution in [3.63, 3.8) is 0 Å². The summed E-state index contributed by atoms with van der Waals surface area (Å²) in [5, 5.41) is 5.55. The van der Waals surface area contributed by atoms with E-state index in [1.807, 2.05) is 6.92 Å². The Balaban J connectivity index is 1.79. The predicted molar refractivity (Wildman–Crippen MR) is 84.4 cm³/mol. The number of aryl methyl sites for hydroxylation is 1. The van der Waals surface area contributed by atoms with Crippen molar-refractivity contribution in [1.82, 2.24) is 5.32 Å². The third-order valence-electron chi connectivity index (χ3n) is 3.43. The van der Waals surface area contributed by atoms with Crippen LogP contribution in [-0.2, 0) is 6.54 Å². The molecule has 0 saturated carbocycles. The summed E-state index contributed by atoms with van der Waals surface area (Å²) in [6.45, 7) is 2.67. The van der Waals surface area contributed by atoms with Gasteiger partial charge in [0.25, 0.3) is 11.8 Å². The standard InChI is InChI=1S/C16H13BrN2O2/c1-9-2-3-10(14(17)6-9)8-18-11-4-5-12-13(7-11)16(21)19-15(12)20/h2-7,18H,8H2,1H3,(H,19,20,21). The molecule has 5 heteroatoms. The number of hydrogen-bond acceptors (Lipinski definition) is 3. The number of anilines is 1. The van der Waals surface area contributed by atoms with Crippen LogP contribution in [0.4, 0.5) is 5.69 Å². The van der Waals surface area contributed by atoms with Crippen LogP contribution < -0.4 is 10.6 Å². The molecule has 1 heterocycles. The third kappa shape index (κ3) is 2.69. The average Bonchev–Trinajstić information content (AvgIpc) is 2.73. The highest BCUT2D eigenvalue weighted by molar-refractivity contribution is 9.10. The molecular formula is C16H13BrN2O2. The van der Waals surface area contributed by atoms with E-state index in [1.165, 1.54) is 5.56 Å². The minimum absolute atomic E-state index is 0.331. The Kier molecular flexibility index (Phi) is 3.51. The fourth-order valence-electron chi connectivity index (χ4n) is 2.27. The van der Waals surface area contributed by atoms with Gasteiger partial charge in [0.1, 0.15) is 0 Å². The van der Waals surface area contributed by atoms with Gasteiger partial charge in [-0.3, -0.25) is 14.9 Å². The number of nitrogens with one attached hydrogen (secondary N) is 2. The summed E-state index contributed by atoms with van der Waals surface area (Å²) in [4.78, 5) is 23.1. The first-order valence-electron chi connectivity index (χ1n) is 6.53. The van der Waals surface area contributed by atoms with Gasteiger partial charge in [0.2, 0.25) is 0 Å². The number of rotatable bonds is 3. The van der Waals surface area contributed by atoms with E-state index >= 15 is 0 Å². The largest absolute Gasteiger partial charge is 0.381 e. The van der Waals surface area contributed by atoms with Gasteiger partial charge in [-0.2, -0.15) is 0 Å². The molecule has 0 spiro atoms. The molecular weight excluding hydrogens is 332 g/mol. The Bertz CT molecular complexity index is 756. The number of fused-ring (bicyclic) bond motifs is 1. The van der Waals surface area contributed by atoms with E-state index < -0.39 is 0 Å². The Labute approximate surface area is 130 Å². The number of imide groups is 1. The van der Waals surface area contributed by atoms with E-state index in [2.05, 4.69) is 44.8 Å². The monoisotopic (exact) mass is 344 g/mol. The maximum Gasteiger partial charge on any atom is 0.259 e. The van der Waals surface area contributed by atoms with E-state index in [4.69, 9.17) is 0 Å². The van der Waals surface area contributed by atoms with Crippen LogP contribution >= 0.6 is 15.9 Å². The molecule has 0 aliphatic carbocycles. The Morgan fingerprint density at radius 3 is 2.57 bits per heavy atom. The van der Waals surface area contributed by atoms with Crippen molar-refractivity contribution in [1.29, 1.82) is 0 Å². The molecule has 0 bridgehead atoms. The van der Waals surface area contributed by atoms with Gasteiger partial charge in [0, 0.05) is 16.7 Å². The van der Waals surface area contributed by atoms with Gasteiger partial charge in [-0.05, 0) is 42.3 Å². The summed E-state index contributed by atoms with van der Waals surface area (Å²) in [6.07, 6.45) is 0. The van der Waals surface area contributed by atoms with Crippen molar-refractivity contribution in [3.05, 3.63) is 63.1 Å². The van der Waals surface area contributed by atoms with Gasteiger partial charge in [-0.25, -0.2) is 0 Å². The van der Waals surface area contributed by atoms with Crippen molar-refractivity contribution >= 4 is 33.4 Å². The van der Waals surface area contributed by atoms with Crippen molar-refractivity contribution in [2.75, 3.05) is 5.32 Å². The van der Waals surface area contributed by atoms with Crippen LogP contribution in [0.1, 0.15) is 31.8 Å². The van der Waals surface area contributed by atoms with Gasteiger partial charge in [0.05, 0.1) is 11.1 Å². The van der Waals surface area contributed by atoms with Crippen LogP contribution in [0.25, 0.3) is 0 Å².